The fourth-order valence-corrected chi connectivity index (χ4v) is 3.92. The molecule has 2 aromatic rings. The quantitative estimate of drug-likeness (QED) is 0.809. The summed E-state index contributed by atoms with van der Waals surface area (Å²) in [5.74, 6) is 0.219. The molecule has 0 unspecified atom stereocenters. The summed E-state index contributed by atoms with van der Waals surface area (Å²) in [6.45, 7) is 1.60. The van der Waals surface area contributed by atoms with Crippen molar-refractivity contribution in [3.63, 3.8) is 0 Å². The van der Waals surface area contributed by atoms with Crippen LogP contribution in [0.1, 0.15) is 35.2 Å². The van der Waals surface area contributed by atoms with Gasteiger partial charge in [0.05, 0.1) is 0 Å². The van der Waals surface area contributed by atoms with Crippen molar-refractivity contribution in [2.45, 2.75) is 25.7 Å². The SMILES string of the molecule is O=C1CCc2cc(-n3ccs/c3=N\C(=O)N3CCCC3)ccc21. The van der Waals surface area contributed by atoms with E-state index in [0.717, 1.165) is 49.2 Å². The number of thiazole rings is 1. The predicted molar refractivity (Wildman–Crippen MR) is 88.1 cm³/mol. The number of benzene rings is 1. The molecular formula is C17H17N3O2S. The van der Waals surface area contributed by atoms with Crippen LogP contribution in [0, 0.1) is 0 Å². The minimum absolute atomic E-state index is 0.157. The number of hydrogen-bond donors (Lipinski definition) is 0. The zero-order valence-corrected chi connectivity index (χ0v) is 13.5. The zero-order chi connectivity index (χ0) is 15.8. The first-order valence-electron chi connectivity index (χ1n) is 7.89. The van der Waals surface area contributed by atoms with E-state index in [1.807, 2.05) is 34.3 Å². The van der Waals surface area contributed by atoms with E-state index in [2.05, 4.69) is 4.99 Å². The van der Waals surface area contributed by atoms with Gasteiger partial charge in [0.1, 0.15) is 0 Å². The van der Waals surface area contributed by atoms with Crippen LogP contribution < -0.4 is 4.80 Å². The number of urea groups is 1. The summed E-state index contributed by atoms with van der Waals surface area (Å²) in [5, 5.41) is 1.93. The molecule has 0 bridgehead atoms. The molecule has 1 aliphatic heterocycles. The van der Waals surface area contributed by atoms with Gasteiger partial charge in [0.2, 0.25) is 0 Å². The Morgan fingerprint density at radius 3 is 2.83 bits per heavy atom. The van der Waals surface area contributed by atoms with E-state index in [-0.39, 0.29) is 11.8 Å². The summed E-state index contributed by atoms with van der Waals surface area (Å²) >= 11 is 1.45. The van der Waals surface area contributed by atoms with Gasteiger partial charge in [-0.2, -0.15) is 4.99 Å². The Morgan fingerprint density at radius 1 is 1.17 bits per heavy atom. The lowest BCUT2D eigenvalue weighted by molar-refractivity contribution is 0.0994. The summed E-state index contributed by atoms with van der Waals surface area (Å²) in [6.07, 6.45) is 5.43. The normalized spacial score (nSPS) is 17.8. The number of amides is 2. The average molecular weight is 327 g/mol. The molecule has 0 spiro atoms. The van der Waals surface area contributed by atoms with Crippen LogP contribution in [-0.2, 0) is 6.42 Å². The van der Waals surface area contributed by atoms with Crippen molar-refractivity contribution in [3.8, 4) is 5.69 Å². The van der Waals surface area contributed by atoms with Crippen molar-refractivity contribution in [2.24, 2.45) is 4.99 Å². The first-order chi connectivity index (χ1) is 11.2. The van der Waals surface area contributed by atoms with Gasteiger partial charge in [-0.1, -0.05) is 0 Å². The Kier molecular flexibility index (Phi) is 3.61. The number of hydrogen-bond acceptors (Lipinski definition) is 3. The molecule has 1 fully saturated rings. The monoisotopic (exact) mass is 327 g/mol. The van der Waals surface area contributed by atoms with E-state index in [9.17, 15) is 9.59 Å². The molecule has 0 radical (unpaired) electrons. The van der Waals surface area contributed by atoms with Crippen LogP contribution in [0.4, 0.5) is 4.79 Å². The second-order valence-electron chi connectivity index (χ2n) is 5.91. The highest BCUT2D eigenvalue weighted by molar-refractivity contribution is 7.07. The number of carbonyl (C=O) groups excluding carboxylic acids is 2. The summed E-state index contributed by atoms with van der Waals surface area (Å²) in [4.78, 5) is 30.7. The largest absolute Gasteiger partial charge is 0.346 e. The van der Waals surface area contributed by atoms with Crippen molar-refractivity contribution in [2.75, 3.05) is 13.1 Å². The number of fused-ring (bicyclic) bond motifs is 1. The Balaban J connectivity index is 1.70. The number of aryl methyl sites for hydroxylation is 1. The van der Waals surface area contributed by atoms with Gasteiger partial charge in [0, 0.05) is 42.3 Å². The Labute approximate surface area is 137 Å². The number of carbonyl (C=O) groups is 2. The molecule has 1 aromatic heterocycles. The van der Waals surface area contributed by atoms with E-state index in [1.165, 1.54) is 11.3 Å². The number of ketones is 1. The Morgan fingerprint density at radius 2 is 2.00 bits per heavy atom. The highest BCUT2D eigenvalue weighted by atomic mass is 32.1. The molecule has 1 aromatic carbocycles. The molecular weight excluding hydrogens is 310 g/mol. The topological polar surface area (TPSA) is 54.7 Å². The van der Waals surface area contributed by atoms with Gasteiger partial charge in [-0.05, 0) is 43.0 Å². The number of aromatic nitrogens is 1. The standard InChI is InChI=1S/C17H17N3O2S/c21-15-6-3-12-11-13(4-5-14(12)15)20-9-10-23-17(20)18-16(22)19-7-1-2-8-19/h4-5,9-11H,1-3,6-8H2/b18-17-. The molecule has 0 N–H and O–H groups in total. The molecule has 4 rings (SSSR count). The molecule has 23 heavy (non-hydrogen) atoms. The highest BCUT2D eigenvalue weighted by Gasteiger charge is 2.20. The van der Waals surface area contributed by atoms with Gasteiger partial charge >= 0.3 is 6.03 Å². The van der Waals surface area contributed by atoms with Gasteiger partial charge in [-0.25, -0.2) is 4.79 Å². The van der Waals surface area contributed by atoms with Crippen molar-refractivity contribution < 1.29 is 9.59 Å². The maximum atomic E-state index is 12.2. The van der Waals surface area contributed by atoms with Crippen LogP contribution in [0.25, 0.3) is 5.69 Å². The smallest absolute Gasteiger partial charge is 0.323 e. The molecule has 118 valence electrons. The van der Waals surface area contributed by atoms with Crippen LogP contribution in [-0.4, -0.2) is 34.4 Å². The molecule has 2 heterocycles. The summed E-state index contributed by atoms with van der Waals surface area (Å²) in [5.41, 5.74) is 2.87. The van der Waals surface area contributed by atoms with Crippen molar-refractivity contribution in [3.05, 3.63) is 45.7 Å². The fraction of sp³-hybridized carbons (Fsp3) is 0.353. The third kappa shape index (κ3) is 2.63. The third-order valence-electron chi connectivity index (χ3n) is 4.45. The molecule has 0 atom stereocenters. The Bertz CT molecular complexity index is 844. The summed E-state index contributed by atoms with van der Waals surface area (Å²) in [6, 6.07) is 5.69. The molecule has 0 saturated carbocycles. The summed E-state index contributed by atoms with van der Waals surface area (Å²) < 4.78 is 1.92. The average Bonchev–Trinajstić information content (AvgIpc) is 3.28. The van der Waals surface area contributed by atoms with Gasteiger partial charge in [-0.15, -0.1) is 11.3 Å². The van der Waals surface area contributed by atoms with Crippen molar-refractivity contribution >= 4 is 23.2 Å². The minimum atomic E-state index is -0.157. The first-order valence-corrected chi connectivity index (χ1v) is 8.76. The number of nitrogens with zero attached hydrogens (tertiary/aromatic N) is 3. The second kappa shape index (κ2) is 5.77. The number of likely N-dealkylation sites (tertiary alicyclic amines) is 1. The van der Waals surface area contributed by atoms with Gasteiger partial charge in [-0.3, -0.25) is 9.36 Å². The third-order valence-corrected chi connectivity index (χ3v) is 5.20. The van der Waals surface area contributed by atoms with Crippen LogP contribution in [0.3, 0.4) is 0 Å². The minimum Gasteiger partial charge on any atom is -0.323 e. The Hall–Kier alpha value is -2.21. The van der Waals surface area contributed by atoms with E-state index in [1.54, 1.807) is 4.90 Å². The maximum absolute atomic E-state index is 12.2. The predicted octanol–water partition coefficient (Wildman–Crippen LogP) is 2.78. The van der Waals surface area contributed by atoms with Crippen LogP contribution in [0.5, 0.6) is 0 Å². The molecule has 2 aliphatic rings. The van der Waals surface area contributed by atoms with E-state index >= 15 is 0 Å². The molecule has 5 nitrogen and oxygen atoms in total. The lowest BCUT2D eigenvalue weighted by Crippen LogP contribution is -2.27. The molecule has 1 saturated heterocycles. The van der Waals surface area contributed by atoms with E-state index in [0.29, 0.717) is 11.2 Å². The highest BCUT2D eigenvalue weighted by Crippen LogP contribution is 2.24. The number of rotatable bonds is 1. The van der Waals surface area contributed by atoms with Crippen molar-refractivity contribution in [1.82, 2.24) is 9.47 Å². The molecule has 1 aliphatic carbocycles. The van der Waals surface area contributed by atoms with Crippen LogP contribution >= 0.6 is 11.3 Å². The fourth-order valence-electron chi connectivity index (χ4n) is 3.20. The maximum Gasteiger partial charge on any atom is 0.346 e. The molecule has 2 amide bonds. The van der Waals surface area contributed by atoms with Crippen LogP contribution in [0.15, 0.2) is 34.8 Å². The van der Waals surface area contributed by atoms with E-state index in [4.69, 9.17) is 0 Å². The van der Waals surface area contributed by atoms with Crippen molar-refractivity contribution in [1.29, 1.82) is 0 Å². The van der Waals surface area contributed by atoms with Crippen LogP contribution in [0.2, 0.25) is 0 Å². The second-order valence-corrected chi connectivity index (χ2v) is 6.78. The number of Topliss-reactive ketones (excluding diaryl/α,β-unsaturated/α-hetero) is 1. The van der Waals surface area contributed by atoms with E-state index < -0.39 is 0 Å². The lowest BCUT2D eigenvalue weighted by atomic mass is 10.1. The summed E-state index contributed by atoms with van der Waals surface area (Å²) in [7, 11) is 0. The van der Waals surface area contributed by atoms with Gasteiger partial charge < -0.3 is 4.90 Å². The first kappa shape index (κ1) is 14.4. The molecule has 6 heteroatoms. The zero-order valence-electron chi connectivity index (χ0n) is 12.7. The van der Waals surface area contributed by atoms with Gasteiger partial charge in [0.25, 0.3) is 0 Å². The van der Waals surface area contributed by atoms with Gasteiger partial charge in [0.15, 0.2) is 10.6 Å². The lowest BCUT2D eigenvalue weighted by Gasteiger charge is -2.11.